The molecule has 10 heteroatoms. The molecule has 1 heterocycles. The van der Waals surface area contributed by atoms with Crippen LogP contribution in [0.2, 0.25) is 0 Å². The van der Waals surface area contributed by atoms with E-state index in [0.29, 0.717) is 6.07 Å². The molecule has 0 atom stereocenters. The Morgan fingerprint density at radius 2 is 2.00 bits per heavy atom. The fraction of sp³-hybridized carbons (Fsp3) is 0.455. The maximum absolute atomic E-state index is 12.6. The summed E-state index contributed by atoms with van der Waals surface area (Å²) in [6.45, 7) is 1.42. The van der Waals surface area contributed by atoms with Gasteiger partial charge in [-0.25, -0.2) is 8.78 Å². The van der Waals surface area contributed by atoms with Crippen molar-refractivity contribution in [1.29, 1.82) is 0 Å². The van der Waals surface area contributed by atoms with E-state index in [1.807, 2.05) is 0 Å². The number of alkyl halides is 5. The minimum atomic E-state index is -5.15. The van der Waals surface area contributed by atoms with Crippen LogP contribution in [0, 0.1) is 0 Å². The van der Waals surface area contributed by atoms with Gasteiger partial charge in [0.05, 0.1) is 18.6 Å². The summed E-state index contributed by atoms with van der Waals surface area (Å²) in [4.78, 5) is 24.0. The van der Waals surface area contributed by atoms with E-state index in [9.17, 15) is 31.5 Å². The van der Waals surface area contributed by atoms with E-state index >= 15 is 0 Å². The minimum absolute atomic E-state index is 0.0423. The lowest BCUT2D eigenvalue weighted by Crippen LogP contribution is -2.24. The third-order valence-electron chi connectivity index (χ3n) is 2.20. The summed E-state index contributed by atoms with van der Waals surface area (Å²) in [6.07, 6.45) is -9.12. The van der Waals surface area contributed by atoms with Crippen molar-refractivity contribution < 1.29 is 36.2 Å². The van der Waals surface area contributed by atoms with E-state index in [0.717, 1.165) is 0 Å². The van der Waals surface area contributed by atoms with Crippen LogP contribution in [0.1, 0.15) is 24.5 Å². The normalized spacial score (nSPS) is 11.6. The second-order valence-corrected chi connectivity index (χ2v) is 3.74. The molecule has 1 N–H and O–H groups in total. The Hall–Kier alpha value is -2.13. The molecule has 5 nitrogen and oxygen atoms in total. The molecule has 1 rings (SSSR count). The van der Waals surface area contributed by atoms with E-state index in [-0.39, 0.29) is 6.61 Å². The van der Waals surface area contributed by atoms with Gasteiger partial charge in [-0.15, -0.1) is 13.2 Å². The molecule has 21 heavy (non-hydrogen) atoms. The molecular formula is C11H10F5NO4. The first-order valence-corrected chi connectivity index (χ1v) is 5.59. The van der Waals surface area contributed by atoms with Gasteiger partial charge in [0.25, 0.3) is 12.0 Å². The molecule has 0 aromatic carbocycles. The lowest BCUT2D eigenvalue weighted by Gasteiger charge is -2.13. The number of H-pyrrole nitrogens is 1. The van der Waals surface area contributed by atoms with Crippen molar-refractivity contribution >= 4 is 5.97 Å². The van der Waals surface area contributed by atoms with Crippen molar-refractivity contribution in [2.24, 2.45) is 0 Å². The van der Waals surface area contributed by atoms with E-state index in [4.69, 9.17) is 0 Å². The van der Waals surface area contributed by atoms with Crippen LogP contribution < -0.4 is 10.3 Å². The van der Waals surface area contributed by atoms with Gasteiger partial charge in [-0.1, -0.05) is 0 Å². The Kier molecular flexibility index (Phi) is 5.28. The molecule has 0 aliphatic heterocycles. The molecule has 0 spiro atoms. The minimum Gasteiger partial charge on any atom is -0.466 e. The Balaban J connectivity index is 3.24. The van der Waals surface area contributed by atoms with Gasteiger partial charge in [-0.3, -0.25) is 14.6 Å². The maximum atomic E-state index is 12.6. The topological polar surface area (TPSA) is 68.4 Å². The number of hydrogen-bond donors (Lipinski definition) is 1. The van der Waals surface area contributed by atoms with Crippen LogP contribution in [0.25, 0.3) is 0 Å². The van der Waals surface area contributed by atoms with Crippen LogP contribution in [0.3, 0.4) is 0 Å². The van der Waals surface area contributed by atoms with E-state index in [2.05, 4.69) is 9.47 Å². The molecule has 0 bridgehead atoms. The number of aromatic nitrogens is 1. The highest BCUT2D eigenvalue weighted by Gasteiger charge is 2.33. The van der Waals surface area contributed by atoms with Gasteiger partial charge in [0.2, 0.25) is 5.88 Å². The Morgan fingerprint density at radius 3 is 2.48 bits per heavy atom. The summed E-state index contributed by atoms with van der Waals surface area (Å²) in [5, 5.41) is 0. The smallest absolute Gasteiger partial charge is 0.466 e. The van der Waals surface area contributed by atoms with E-state index in [1.165, 1.54) is 6.92 Å². The van der Waals surface area contributed by atoms with Crippen LogP contribution >= 0.6 is 0 Å². The summed E-state index contributed by atoms with van der Waals surface area (Å²) in [5.74, 6) is -2.07. The first-order chi connectivity index (χ1) is 9.64. The fourth-order valence-corrected chi connectivity index (χ4v) is 1.44. The Bertz CT molecular complexity index is 567. The van der Waals surface area contributed by atoms with Gasteiger partial charge >= 0.3 is 12.3 Å². The number of pyridine rings is 1. The molecule has 1 aromatic heterocycles. The van der Waals surface area contributed by atoms with Crippen molar-refractivity contribution in [1.82, 2.24) is 4.98 Å². The highest BCUT2D eigenvalue weighted by atomic mass is 19.4. The van der Waals surface area contributed by atoms with E-state index in [1.54, 1.807) is 4.98 Å². The highest BCUT2D eigenvalue weighted by molar-refractivity contribution is 5.73. The lowest BCUT2D eigenvalue weighted by atomic mass is 10.1. The number of ether oxygens (including phenoxy) is 2. The zero-order chi connectivity index (χ0) is 16.2. The molecule has 0 amide bonds. The summed E-state index contributed by atoms with van der Waals surface area (Å²) < 4.78 is 69.7. The van der Waals surface area contributed by atoms with E-state index < -0.39 is 47.7 Å². The number of hydrogen-bond acceptors (Lipinski definition) is 4. The van der Waals surface area contributed by atoms with Gasteiger partial charge in [0, 0.05) is 5.56 Å². The third kappa shape index (κ3) is 5.04. The fourth-order valence-electron chi connectivity index (χ4n) is 1.44. The average Bonchev–Trinajstić information content (AvgIpc) is 2.30. The number of carbonyl (C=O) groups excluding carboxylic acids is 1. The number of nitrogens with one attached hydrogen (secondary N) is 1. The number of esters is 1. The van der Waals surface area contributed by atoms with Crippen molar-refractivity contribution in [3.05, 3.63) is 27.5 Å². The van der Waals surface area contributed by atoms with Crippen LogP contribution in [0.15, 0.2) is 10.9 Å². The summed E-state index contributed by atoms with van der Waals surface area (Å²) >= 11 is 0. The number of carbonyl (C=O) groups is 1. The van der Waals surface area contributed by atoms with Crippen molar-refractivity contribution in [2.75, 3.05) is 6.61 Å². The van der Waals surface area contributed by atoms with Crippen LogP contribution in [-0.2, 0) is 16.0 Å². The Labute approximate surface area is 114 Å². The van der Waals surface area contributed by atoms with Gasteiger partial charge in [-0.2, -0.15) is 0 Å². The van der Waals surface area contributed by atoms with Crippen LogP contribution in [-0.4, -0.2) is 23.9 Å². The molecule has 0 saturated heterocycles. The molecular weight excluding hydrogens is 305 g/mol. The third-order valence-corrected chi connectivity index (χ3v) is 2.20. The Morgan fingerprint density at radius 1 is 1.38 bits per heavy atom. The largest absolute Gasteiger partial charge is 0.574 e. The van der Waals surface area contributed by atoms with Gasteiger partial charge in [0.15, 0.2) is 0 Å². The number of rotatable bonds is 5. The van der Waals surface area contributed by atoms with Crippen molar-refractivity contribution in [3.63, 3.8) is 0 Å². The molecule has 0 aliphatic rings. The molecule has 1 aromatic rings. The first kappa shape index (κ1) is 16.9. The summed E-state index contributed by atoms with van der Waals surface area (Å²) in [6, 6.07) is 0.488. The maximum Gasteiger partial charge on any atom is 0.574 e. The second-order valence-electron chi connectivity index (χ2n) is 3.74. The molecule has 0 aliphatic carbocycles. The molecule has 118 valence electrons. The quantitative estimate of drug-likeness (QED) is 0.669. The van der Waals surface area contributed by atoms with Crippen molar-refractivity contribution in [3.8, 4) is 5.88 Å². The predicted octanol–water partition coefficient (Wildman–Crippen LogP) is 2.32. The highest BCUT2D eigenvalue weighted by Crippen LogP contribution is 2.26. The zero-order valence-electron chi connectivity index (χ0n) is 10.6. The SMILES string of the molecule is CCOC(=O)Cc1cc(C(F)F)c(=O)[nH]c1OC(F)(F)F. The molecule has 0 saturated carbocycles. The number of halogens is 5. The number of aromatic amines is 1. The van der Waals surface area contributed by atoms with Crippen LogP contribution in [0.5, 0.6) is 5.88 Å². The van der Waals surface area contributed by atoms with Crippen LogP contribution in [0.4, 0.5) is 22.0 Å². The van der Waals surface area contributed by atoms with Crippen molar-refractivity contribution in [2.45, 2.75) is 26.1 Å². The van der Waals surface area contributed by atoms with Gasteiger partial charge < -0.3 is 9.47 Å². The average molecular weight is 315 g/mol. The molecule has 0 radical (unpaired) electrons. The standard InChI is InChI=1S/C11H10F5NO4/c1-2-20-7(18)4-5-3-6(8(12)13)9(19)17-10(5)21-11(14,15)16/h3,8H,2,4H2,1H3,(H,17,19). The molecule has 0 fully saturated rings. The van der Waals surface area contributed by atoms with Gasteiger partial charge in [-0.05, 0) is 13.0 Å². The predicted molar refractivity (Wildman–Crippen MR) is 59.0 cm³/mol. The monoisotopic (exact) mass is 315 g/mol. The zero-order valence-corrected chi connectivity index (χ0v) is 10.6. The first-order valence-electron chi connectivity index (χ1n) is 5.59. The summed E-state index contributed by atoms with van der Waals surface area (Å²) in [7, 11) is 0. The summed E-state index contributed by atoms with van der Waals surface area (Å²) in [5.41, 5.74) is -3.05. The van der Waals surface area contributed by atoms with Gasteiger partial charge in [0.1, 0.15) is 0 Å². The second kappa shape index (κ2) is 6.55. The molecule has 0 unspecified atom stereocenters. The lowest BCUT2D eigenvalue weighted by molar-refractivity contribution is -0.276.